The zero-order valence-corrected chi connectivity index (χ0v) is 7.74. The maximum atomic E-state index is 11.5. The molecule has 74 valence electrons. The molecule has 2 atom stereocenters. The summed E-state index contributed by atoms with van der Waals surface area (Å²) in [7, 11) is 0. The van der Waals surface area contributed by atoms with Crippen LogP contribution in [0.1, 0.15) is 19.3 Å². The highest BCUT2D eigenvalue weighted by Gasteiger charge is 2.35. The molecule has 0 spiro atoms. The van der Waals surface area contributed by atoms with Crippen LogP contribution in [0.4, 0.5) is 0 Å². The van der Waals surface area contributed by atoms with Gasteiger partial charge in [-0.25, -0.2) is 0 Å². The van der Waals surface area contributed by atoms with Gasteiger partial charge in [-0.15, -0.1) is 0 Å². The van der Waals surface area contributed by atoms with Crippen LogP contribution in [0.2, 0.25) is 0 Å². The molecule has 2 heterocycles. The van der Waals surface area contributed by atoms with Gasteiger partial charge in [-0.1, -0.05) is 0 Å². The number of morpholine rings is 1. The second-order valence-corrected chi connectivity index (χ2v) is 3.79. The smallest absolute Gasteiger partial charge is 0.224 e. The van der Waals surface area contributed by atoms with Crippen molar-refractivity contribution in [2.75, 3.05) is 19.6 Å². The normalized spacial score (nSPS) is 32.2. The molecule has 13 heavy (non-hydrogen) atoms. The lowest BCUT2D eigenvalue weighted by Crippen LogP contribution is -2.46. The van der Waals surface area contributed by atoms with Crippen LogP contribution in [0.3, 0.4) is 0 Å². The Labute approximate surface area is 78.0 Å². The molecule has 0 aromatic heterocycles. The molecule has 2 rings (SSSR count). The lowest BCUT2D eigenvalue weighted by molar-refractivity contribution is -0.139. The zero-order chi connectivity index (χ0) is 9.26. The molecular weight excluding hydrogens is 168 g/mol. The minimum Gasteiger partial charge on any atom is -0.371 e. The van der Waals surface area contributed by atoms with Crippen LogP contribution in [-0.2, 0) is 9.53 Å². The van der Waals surface area contributed by atoms with Crippen LogP contribution >= 0.6 is 0 Å². The van der Waals surface area contributed by atoms with Crippen molar-refractivity contribution in [1.29, 1.82) is 0 Å². The van der Waals surface area contributed by atoms with Crippen molar-refractivity contribution in [3.8, 4) is 0 Å². The number of carbonyl (C=O) groups excluding carboxylic acids is 1. The van der Waals surface area contributed by atoms with E-state index >= 15 is 0 Å². The van der Waals surface area contributed by atoms with Crippen molar-refractivity contribution in [1.82, 2.24) is 4.90 Å². The summed E-state index contributed by atoms with van der Waals surface area (Å²) in [5.74, 6) is 0.183. The van der Waals surface area contributed by atoms with Gasteiger partial charge >= 0.3 is 0 Å². The zero-order valence-electron chi connectivity index (χ0n) is 7.74. The highest BCUT2D eigenvalue weighted by molar-refractivity contribution is 5.76. The molecule has 1 amide bonds. The maximum Gasteiger partial charge on any atom is 0.224 e. The number of carbonyl (C=O) groups is 1. The number of amides is 1. The van der Waals surface area contributed by atoms with Gasteiger partial charge in [-0.2, -0.15) is 0 Å². The summed E-state index contributed by atoms with van der Waals surface area (Å²) in [6.45, 7) is 2.00. The fourth-order valence-corrected chi connectivity index (χ4v) is 2.10. The van der Waals surface area contributed by atoms with Crippen LogP contribution in [-0.4, -0.2) is 42.6 Å². The second kappa shape index (κ2) is 3.64. The van der Waals surface area contributed by atoms with Crippen molar-refractivity contribution in [2.24, 2.45) is 5.73 Å². The lowest BCUT2D eigenvalue weighted by atomic mass is 10.2. The van der Waals surface area contributed by atoms with Gasteiger partial charge in [0.15, 0.2) is 0 Å². The standard InChI is InChI=1S/C9H16N2O2/c10-4-3-9(12)11-5-7-1-2-8(6-11)13-7/h7-8H,1-6,10H2. The number of nitrogens with zero attached hydrogens (tertiary/aromatic N) is 1. The minimum absolute atomic E-state index is 0.183. The second-order valence-electron chi connectivity index (χ2n) is 3.79. The van der Waals surface area contributed by atoms with E-state index in [2.05, 4.69) is 0 Å². The predicted molar refractivity (Wildman–Crippen MR) is 48.1 cm³/mol. The largest absolute Gasteiger partial charge is 0.371 e. The van der Waals surface area contributed by atoms with E-state index in [4.69, 9.17) is 10.5 Å². The van der Waals surface area contributed by atoms with E-state index in [-0.39, 0.29) is 5.91 Å². The van der Waals surface area contributed by atoms with E-state index in [0.717, 1.165) is 25.9 Å². The number of hydrogen-bond donors (Lipinski definition) is 1. The summed E-state index contributed by atoms with van der Waals surface area (Å²) in [5.41, 5.74) is 5.34. The van der Waals surface area contributed by atoms with Crippen molar-refractivity contribution in [3.05, 3.63) is 0 Å². The number of likely N-dealkylation sites (tertiary alicyclic amines) is 1. The Bertz CT molecular complexity index is 196. The molecule has 2 bridgehead atoms. The van der Waals surface area contributed by atoms with E-state index in [1.54, 1.807) is 0 Å². The first-order valence-corrected chi connectivity index (χ1v) is 4.93. The van der Waals surface area contributed by atoms with Crippen LogP contribution < -0.4 is 5.73 Å². The van der Waals surface area contributed by atoms with Gasteiger partial charge in [-0.3, -0.25) is 4.79 Å². The Hall–Kier alpha value is -0.610. The molecule has 4 heteroatoms. The third kappa shape index (κ3) is 1.84. The molecule has 0 radical (unpaired) electrons. The molecule has 0 saturated carbocycles. The summed E-state index contributed by atoms with van der Waals surface area (Å²) in [6.07, 6.45) is 3.27. The average Bonchev–Trinajstić information content (AvgIpc) is 2.46. The van der Waals surface area contributed by atoms with Crippen LogP contribution in [0, 0.1) is 0 Å². The van der Waals surface area contributed by atoms with E-state index in [1.807, 2.05) is 4.90 Å². The lowest BCUT2D eigenvalue weighted by Gasteiger charge is -2.32. The fourth-order valence-electron chi connectivity index (χ4n) is 2.10. The highest BCUT2D eigenvalue weighted by Crippen LogP contribution is 2.26. The van der Waals surface area contributed by atoms with E-state index in [1.165, 1.54) is 0 Å². The molecule has 0 aliphatic carbocycles. The molecule has 2 unspecified atom stereocenters. The van der Waals surface area contributed by atoms with Gasteiger partial charge < -0.3 is 15.4 Å². The van der Waals surface area contributed by atoms with Crippen LogP contribution in [0.15, 0.2) is 0 Å². The summed E-state index contributed by atoms with van der Waals surface area (Å²) in [5, 5.41) is 0. The molecule has 2 saturated heterocycles. The molecule has 0 aromatic carbocycles. The Morgan fingerprint density at radius 1 is 1.38 bits per heavy atom. The van der Waals surface area contributed by atoms with Gasteiger partial charge in [-0.05, 0) is 12.8 Å². The number of fused-ring (bicyclic) bond motifs is 2. The van der Waals surface area contributed by atoms with E-state index < -0.39 is 0 Å². The molecule has 2 aliphatic heterocycles. The van der Waals surface area contributed by atoms with Crippen molar-refractivity contribution in [3.63, 3.8) is 0 Å². The third-order valence-corrected chi connectivity index (χ3v) is 2.75. The number of hydrogen-bond acceptors (Lipinski definition) is 3. The number of rotatable bonds is 2. The minimum atomic E-state index is 0.183. The quantitative estimate of drug-likeness (QED) is 0.642. The maximum absolute atomic E-state index is 11.5. The summed E-state index contributed by atoms with van der Waals surface area (Å²) in [4.78, 5) is 13.4. The Kier molecular flexibility index (Phi) is 2.51. The summed E-state index contributed by atoms with van der Waals surface area (Å²) >= 11 is 0. The van der Waals surface area contributed by atoms with Gasteiger partial charge in [0.05, 0.1) is 12.2 Å². The van der Waals surface area contributed by atoms with E-state index in [0.29, 0.717) is 25.2 Å². The fraction of sp³-hybridized carbons (Fsp3) is 0.889. The highest BCUT2D eigenvalue weighted by atomic mass is 16.5. The summed E-state index contributed by atoms with van der Waals surface area (Å²) in [6, 6.07) is 0. The number of ether oxygens (including phenoxy) is 1. The first-order valence-electron chi connectivity index (χ1n) is 4.93. The molecule has 2 fully saturated rings. The van der Waals surface area contributed by atoms with Crippen LogP contribution in [0.5, 0.6) is 0 Å². The van der Waals surface area contributed by atoms with Crippen molar-refractivity contribution in [2.45, 2.75) is 31.5 Å². The first kappa shape index (κ1) is 8.97. The predicted octanol–water partition coefficient (Wildman–Crippen LogP) is -0.275. The molecule has 2 aliphatic rings. The average molecular weight is 184 g/mol. The molecule has 2 N–H and O–H groups in total. The molecule has 0 aromatic rings. The van der Waals surface area contributed by atoms with Gasteiger partial charge in [0, 0.05) is 26.1 Å². The van der Waals surface area contributed by atoms with Gasteiger partial charge in [0.1, 0.15) is 0 Å². The van der Waals surface area contributed by atoms with Crippen molar-refractivity contribution < 1.29 is 9.53 Å². The van der Waals surface area contributed by atoms with Gasteiger partial charge in [0.2, 0.25) is 5.91 Å². The summed E-state index contributed by atoms with van der Waals surface area (Å²) < 4.78 is 5.63. The monoisotopic (exact) mass is 184 g/mol. The first-order chi connectivity index (χ1) is 6.29. The van der Waals surface area contributed by atoms with E-state index in [9.17, 15) is 4.79 Å². The third-order valence-electron chi connectivity index (χ3n) is 2.75. The van der Waals surface area contributed by atoms with Crippen LogP contribution in [0.25, 0.3) is 0 Å². The van der Waals surface area contributed by atoms with Gasteiger partial charge in [0.25, 0.3) is 0 Å². The Morgan fingerprint density at radius 3 is 2.54 bits per heavy atom. The Balaban J connectivity index is 1.91. The molecule has 4 nitrogen and oxygen atoms in total. The Morgan fingerprint density at radius 2 is 2.00 bits per heavy atom. The SMILES string of the molecule is NCCC(=O)N1CC2CCC(C1)O2. The number of nitrogens with two attached hydrogens (primary N) is 1. The molecular formula is C9H16N2O2. The topological polar surface area (TPSA) is 55.6 Å². The van der Waals surface area contributed by atoms with Crippen molar-refractivity contribution >= 4 is 5.91 Å².